The van der Waals surface area contributed by atoms with Crippen molar-refractivity contribution in [3.8, 4) is 0 Å². The van der Waals surface area contributed by atoms with Crippen LogP contribution >= 0.6 is 0 Å². The molecule has 0 aromatic carbocycles. The fraction of sp³-hybridized carbons (Fsp3) is 0.750. The number of aromatic nitrogens is 2. The van der Waals surface area contributed by atoms with E-state index in [-0.39, 0.29) is 38.0 Å². The van der Waals surface area contributed by atoms with Gasteiger partial charge in [-0.2, -0.15) is 0 Å². The van der Waals surface area contributed by atoms with Crippen molar-refractivity contribution in [1.82, 2.24) is 0 Å². The first-order valence-corrected chi connectivity index (χ1v) is 26.9. The quantitative estimate of drug-likeness (QED) is 0.0218. The zero-order chi connectivity index (χ0) is 46.0. The Morgan fingerprint density at radius 3 is 0.788 bits per heavy atom. The minimum Gasteiger partial charge on any atom is -1.00 e. The largest absolute Gasteiger partial charge is 1.00 e. The molecule has 2 aromatic heterocycles. The van der Waals surface area contributed by atoms with Crippen molar-refractivity contribution >= 4 is 23.5 Å². The van der Waals surface area contributed by atoms with Gasteiger partial charge in [-0.1, -0.05) is 194 Å². The van der Waals surface area contributed by atoms with Gasteiger partial charge >= 0.3 is 11.9 Å². The molecule has 66 heavy (non-hydrogen) atoms. The number of pyridine rings is 2. The van der Waals surface area contributed by atoms with Gasteiger partial charge in [0.1, 0.15) is 13.1 Å². The van der Waals surface area contributed by atoms with E-state index in [1.165, 1.54) is 193 Å². The second kappa shape index (κ2) is 45.9. The van der Waals surface area contributed by atoms with Gasteiger partial charge in [0.25, 0.3) is 11.6 Å². The smallest absolute Gasteiger partial charge is 0.379 e. The summed E-state index contributed by atoms with van der Waals surface area (Å²) < 4.78 is 14.6. The second-order valence-electron chi connectivity index (χ2n) is 18.6. The van der Waals surface area contributed by atoms with Crippen LogP contribution in [0.2, 0.25) is 0 Å². The lowest BCUT2D eigenvalue weighted by Crippen LogP contribution is -3.00. The van der Waals surface area contributed by atoms with E-state index in [1.807, 2.05) is 24.8 Å². The summed E-state index contributed by atoms with van der Waals surface area (Å²) in [6.07, 6.45) is 53.3. The summed E-state index contributed by atoms with van der Waals surface area (Å²) in [7, 11) is 0. The molecule has 0 saturated heterocycles. The van der Waals surface area contributed by atoms with E-state index in [1.54, 1.807) is 24.3 Å². The molecule has 0 aliphatic rings. The van der Waals surface area contributed by atoms with Crippen LogP contribution in [0.15, 0.2) is 49.1 Å². The first kappa shape index (κ1) is 63.2. The third-order valence-corrected chi connectivity index (χ3v) is 12.7. The van der Waals surface area contributed by atoms with Gasteiger partial charge in [-0.3, -0.25) is 9.59 Å². The number of carbonyl (C=O) groups is 4. The van der Waals surface area contributed by atoms with E-state index >= 15 is 0 Å². The molecule has 0 fully saturated rings. The molecule has 10 heteroatoms. The van der Waals surface area contributed by atoms with Crippen molar-refractivity contribution < 1.29 is 62.6 Å². The minimum atomic E-state index is -0.838. The molecule has 0 atom stereocenters. The summed E-state index contributed by atoms with van der Waals surface area (Å²) in [5, 5.41) is 0. The highest BCUT2D eigenvalue weighted by Crippen LogP contribution is 2.16. The number of halogens is 2. The first-order valence-electron chi connectivity index (χ1n) is 26.9. The summed E-state index contributed by atoms with van der Waals surface area (Å²) in [5.41, 5.74) is 0.676. The fourth-order valence-corrected chi connectivity index (χ4v) is 8.45. The molecule has 0 aliphatic heterocycles. The van der Waals surface area contributed by atoms with Crippen LogP contribution in [0.25, 0.3) is 0 Å². The van der Waals surface area contributed by atoms with Crippen LogP contribution in [0.1, 0.15) is 266 Å². The highest BCUT2D eigenvalue weighted by molar-refractivity contribution is 6.41. The van der Waals surface area contributed by atoms with E-state index < -0.39 is 23.5 Å². The number of aryl methyl sites for hydroxylation is 2. The molecule has 0 bridgehead atoms. The molecular weight excluding hydrogens is 868 g/mol. The number of nitrogens with zero attached hydrogens (tertiary/aromatic N) is 2. The Morgan fingerprint density at radius 1 is 0.333 bits per heavy atom. The van der Waals surface area contributed by atoms with E-state index in [4.69, 9.17) is 9.47 Å². The molecule has 0 spiro atoms. The molecule has 2 aromatic rings. The molecule has 0 radical (unpaired) electrons. The molecule has 378 valence electrons. The molecule has 2 rings (SSSR count). The first-order chi connectivity index (χ1) is 31.5. The SMILES string of the molecule is CCCCCCCCCCCCCCCCCC[n+]1ccc(C(=O)C(=O)OCCCCCCOC(=O)C(=O)c2cc[n+](CCCCCCCCCCCCCCCCCC)cc2)cc1.[Cl-].[Cl-]. The van der Waals surface area contributed by atoms with Gasteiger partial charge in [-0.05, 0) is 38.5 Å². The maximum atomic E-state index is 12.6. The fourth-order valence-electron chi connectivity index (χ4n) is 8.45. The topological polar surface area (TPSA) is 94.5 Å². The Hall–Kier alpha value is -2.84. The van der Waals surface area contributed by atoms with Gasteiger partial charge in [0.15, 0.2) is 24.8 Å². The average molecular weight is 962 g/mol. The van der Waals surface area contributed by atoms with Gasteiger partial charge in [0.05, 0.1) is 13.2 Å². The van der Waals surface area contributed by atoms with Gasteiger partial charge in [-0.25, -0.2) is 18.7 Å². The lowest BCUT2D eigenvalue weighted by molar-refractivity contribution is -0.697. The van der Waals surface area contributed by atoms with Crippen molar-refractivity contribution in [2.24, 2.45) is 0 Å². The van der Waals surface area contributed by atoms with Crippen molar-refractivity contribution in [3.05, 3.63) is 60.2 Å². The Balaban J connectivity index is 0.0000211. The Kier molecular flexibility index (Phi) is 43.9. The van der Waals surface area contributed by atoms with Gasteiger partial charge in [0.2, 0.25) is 0 Å². The van der Waals surface area contributed by atoms with Gasteiger partial charge in [0, 0.05) is 48.2 Å². The molecule has 2 heterocycles. The number of unbranched alkanes of at least 4 members (excludes halogenated alkanes) is 33. The van der Waals surface area contributed by atoms with Crippen LogP contribution in [0, 0.1) is 0 Å². The van der Waals surface area contributed by atoms with E-state index in [0.29, 0.717) is 24.0 Å². The van der Waals surface area contributed by atoms with Crippen LogP contribution in [0.4, 0.5) is 0 Å². The van der Waals surface area contributed by atoms with Crippen molar-refractivity contribution in [3.63, 3.8) is 0 Å². The minimum absolute atomic E-state index is 0. The van der Waals surface area contributed by atoms with Crippen LogP contribution in [-0.4, -0.2) is 36.7 Å². The summed E-state index contributed by atoms with van der Waals surface area (Å²) in [6.45, 7) is 6.67. The van der Waals surface area contributed by atoms with Crippen molar-refractivity contribution in [1.29, 1.82) is 0 Å². The third kappa shape index (κ3) is 34.4. The number of carbonyl (C=O) groups excluding carboxylic acids is 4. The van der Waals surface area contributed by atoms with Crippen LogP contribution < -0.4 is 33.9 Å². The molecular formula is C56H94Cl2N2O6. The molecule has 0 amide bonds. The average Bonchev–Trinajstić information content (AvgIpc) is 3.31. The standard InChI is InChI=1S/C56H94N2O6.2ClH/c1-3-5-7-9-11-13-15-17-19-21-23-25-27-29-31-35-43-57-45-39-51(40-46-57)53(59)55(61)63-49-37-33-34-38-50-64-56(62)54(60)52-41-47-58(48-42-52)44-36-32-30-28-26-24-22-20-18-16-14-12-10-8-6-4-2;;/h39-42,45-48H,3-38,43-44,49-50H2,1-2H3;2*1H/q+2;;/p-2. The predicted molar refractivity (Wildman–Crippen MR) is 261 cm³/mol. The highest BCUT2D eigenvalue weighted by atomic mass is 35.5. The van der Waals surface area contributed by atoms with E-state index in [0.717, 1.165) is 38.8 Å². The summed E-state index contributed by atoms with van der Waals surface area (Å²) >= 11 is 0. The van der Waals surface area contributed by atoms with Crippen molar-refractivity contribution in [2.75, 3.05) is 13.2 Å². The zero-order valence-electron chi connectivity index (χ0n) is 42.0. The van der Waals surface area contributed by atoms with Gasteiger partial charge < -0.3 is 34.3 Å². The highest BCUT2D eigenvalue weighted by Gasteiger charge is 2.20. The number of Topliss-reactive ketones (excluding diaryl/α,β-unsaturated/α-hetero) is 2. The maximum absolute atomic E-state index is 12.6. The Morgan fingerprint density at radius 2 is 0.545 bits per heavy atom. The molecule has 0 N–H and O–H groups in total. The summed E-state index contributed by atoms with van der Waals surface area (Å²) in [5.74, 6) is -2.94. The van der Waals surface area contributed by atoms with Crippen molar-refractivity contribution in [2.45, 2.75) is 258 Å². The van der Waals surface area contributed by atoms with Crippen LogP contribution in [0.5, 0.6) is 0 Å². The van der Waals surface area contributed by atoms with E-state index in [2.05, 4.69) is 23.0 Å². The molecule has 8 nitrogen and oxygen atoms in total. The Bertz CT molecular complexity index is 1350. The third-order valence-electron chi connectivity index (χ3n) is 12.7. The summed E-state index contributed by atoms with van der Waals surface area (Å²) in [4.78, 5) is 49.9. The number of ketones is 2. The van der Waals surface area contributed by atoms with Crippen LogP contribution in [-0.2, 0) is 32.2 Å². The number of ether oxygens (including phenoxy) is 2. The monoisotopic (exact) mass is 961 g/mol. The normalized spacial score (nSPS) is 10.9. The van der Waals surface area contributed by atoms with Crippen LogP contribution in [0.3, 0.4) is 0 Å². The van der Waals surface area contributed by atoms with Gasteiger partial charge in [-0.15, -0.1) is 0 Å². The lowest BCUT2D eigenvalue weighted by atomic mass is 10.0. The second-order valence-corrected chi connectivity index (χ2v) is 18.6. The number of rotatable bonds is 45. The zero-order valence-corrected chi connectivity index (χ0v) is 43.5. The molecule has 0 aliphatic carbocycles. The molecule has 0 unspecified atom stereocenters. The number of hydrogen-bond donors (Lipinski definition) is 0. The predicted octanol–water partition coefficient (Wildman–Crippen LogP) is 8.51. The van der Waals surface area contributed by atoms with E-state index in [9.17, 15) is 19.2 Å². The summed E-state index contributed by atoms with van der Waals surface area (Å²) in [6, 6.07) is 6.77. The number of esters is 2. The molecule has 0 saturated carbocycles. The Labute approximate surface area is 415 Å². The lowest BCUT2D eigenvalue weighted by Gasteiger charge is -2.06. The number of hydrogen-bond acceptors (Lipinski definition) is 6. The maximum Gasteiger partial charge on any atom is 0.379 e.